The summed E-state index contributed by atoms with van der Waals surface area (Å²) in [5, 5.41) is 4.72. The fourth-order valence-corrected chi connectivity index (χ4v) is 2.75. The van der Waals surface area contributed by atoms with Gasteiger partial charge in [0.15, 0.2) is 0 Å². The van der Waals surface area contributed by atoms with Gasteiger partial charge in [0.25, 0.3) is 0 Å². The second-order valence-electron chi connectivity index (χ2n) is 7.64. The van der Waals surface area contributed by atoms with Crippen molar-refractivity contribution >= 4 is 17.8 Å². The number of aromatic nitrogens is 1. The number of carbonyl (C=O) groups excluding carboxylic acids is 3. The molecule has 12 heteroatoms. The molecule has 34 heavy (non-hydrogen) atoms. The van der Waals surface area contributed by atoms with Gasteiger partial charge in [0.05, 0.1) is 17.8 Å². The van der Waals surface area contributed by atoms with Crippen LogP contribution in [-0.2, 0) is 20.9 Å². The number of pyridine rings is 1. The molecule has 0 saturated carbocycles. The average Bonchev–Trinajstić information content (AvgIpc) is 2.77. The molecule has 0 saturated heterocycles. The Kier molecular flexibility index (Phi) is 12.2. The first-order valence-corrected chi connectivity index (χ1v) is 10.7. The molecule has 1 unspecified atom stereocenters. The molecule has 1 heterocycles. The number of hydrogen-bond acceptors (Lipinski definition) is 7. The number of amides is 2. The van der Waals surface area contributed by atoms with E-state index >= 15 is 0 Å². The van der Waals surface area contributed by atoms with Crippen LogP contribution in [0, 0.1) is 0 Å². The van der Waals surface area contributed by atoms with Crippen molar-refractivity contribution in [3.63, 3.8) is 0 Å². The van der Waals surface area contributed by atoms with Gasteiger partial charge in [0.1, 0.15) is 6.10 Å². The molecule has 0 bridgehead atoms. The maximum absolute atomic E-state index is 12.4. The molecule has 0 aromatic carbocycles. The highest BCUT2D eigenvalue weighted by molar-refractivity contribution is 5.89. The second kappa shape index (κ2) is 14.3. The largest absolute Gasteiger partial charge is 0.471 e. The summed E-state index contributed by atoms with van der Waals surface area (Å²) in [7, 11) is 3.87. The predicted octanol–water partition coefficient (Wildman–Crippen LogP) is 1.36. The van der Waals surface area contributed by atoms with E-state index in [0.717, 1.165) is 6.54 Å². The Bertz CT molecular complexity index is 833. The zero-order valence-electron chi connectivity index (χ0n) is 19.7. The van der Waals surface area contributed by atoms with Crippen LogP contribution in [0.3, 0.4) is 0 Å². The van der Waals surface area contributed by atoms with Gasteiger partial charge in [-0.1, -0.05) is 12.7 Å². The summed E-state index contributed by atoms with van der Waals surface area (Å²) in [6.07, 6.45) is -3.26. The lowest BCUT2D eigenvalue weighted by Crippen LogP contribution is -2.41. The van der Waals surface area contributed by atoms with Crippen molar-refractivity contribution in [2.45, 2.75) is 32.2 Å². The van der Waals surface area contributed by atoms with E-state index in [1.807, 2.05) is 25.9 Å². The highest BCUT2D eigenvalue weighted by Gasteiger charge is 2.38. The first-order valence-electron chi connectivity index (χ1n) is 10.7. The number of ether oxygens (including phenoxy) is 1. The third-order valence-corrected chi connectivity index (χ3v) is 4.68. The third kappa shape index (κ3) is 10.8. The van der Waals surface area contributed by atoms with Crippen molar-refractivity contribution in [2.24, 2.45) is 0 Å². The molecule has 0 aliphatic carbocycles. The van der Waals surface area contributed by atoms with Crippen molar-refractivity contribution in [2.75, 3.05) is 46.8 Å². The van der Waals surface area contributed by atoms with E-state index in [-0.39, 0.29) is 37.5 Å². The molecular formula is C22H32F3N5O4. The number of nitrogens with zero attached hydrogens (tertiary/aromatic N) is 3. The number of halogens is 3. The lowest BCUT2D eigenvalue weighted by atomic mass is 10.2. The molecule has 9 nitrogen and oxygen atoms in total. The number of alkyl halides is 3. The average molecular weight is 488 g/mol. The zero-order chi connectivity index (χ0) is 25.7. The summed E-state index contributed by atoms with van der Waals surface area (Å²) in [4.78, 5) is 43.5. The van der Waals surface area contributed by atoms with E-state index in [4.69, 9.17) is 4.74 Å². The van der Waals surface area contributed by atoms with Gasteiger partial charge in [-0.05, 0) is 33.2 Å². The fourth-order valence-electron chi connectivity index (χ4n) is 2.75. The molecular weight excluding hydrogens is 455 g/mol. The number of nitrogens with one attached hydrogen (secondary N) is 2. The van der Waals surface area contributed by atoms with Crippen LogP contribution in [0.15, 0.2) is 31.0 Å². The molecule has 2 N–H and O–H groups in total. The van der Waals surface area contributed by atoms with Gasteiger partial charge in [-0.25, -0.2) is 4.79 Å². The molecule has 0 radical (unpaired) electrons. The summed E-state index contributed by atoms with van der Waals surface area (Å²) in [6, 6.07) is 2.93. The quantitative estimate of drug-likeness (QED) is 0.302. The SMILES string of the molecule is C=CC(CCNC(=O)C(F)(F)F)OC(=O)c1ccnc(CNCC(=O)N(CC)CCN(C)C)c1. The minimum absolute atomic E-state index is 0.0497. The van der Waals surface area contributed by atoms with Gasteiger partial charge >= 0.3 is 18.1 Å². The fraction of sp³-hybridized carbons (Fsp3) is 0.545. The zero-order valence-corrected chi connectivity index (χ0v) is 19.7. The monoisotopic (exact) mass is 487 g/mol. The maximum atomic E-state index is 12.4. The van der Waals surface area contributed by atoms with Crippen molar-refractivity contribution in [1.82, 2.24) is 25.4 Å². The minimum atomic E-state index is -4.98. The van der Waals surface area contributed by atoms with Gasteiger partial charge in [0, 0.05) is 45.3 Å². The molecule has 190 valence electrons. The van der Waals surface area contributed by atoms with Crippen LogP contribution in [0.25, 0.3) is 0 Å². The summed E-state index contributed by atoms with van der Waals surface area (Å²) in [6.45, 7) is 7.39. The summed E-state index contributed by atoms with van der Waals surface area (Å²) in [5.74, 6) is -2.83. The highest BCUT2D eigenvalue weighted by Crippen LogP contribution is 2.14. The summed E-state index contributed by atoms with van der Waals surface area (Å²) >= 11 is 0. The van der Waals surface area contributed by atoms with Crippen LogP contribution in [-0.4, -0.2) is 91.7 Å². The van der Waals surface area contributed by atoms with Gasteiger partial charge in [0.2, 0.25) is 5.91 Å². The lowest BCUT2D eigenvalue weighted by Gasteiger charge is -2.23. The Morgan fingerprint density at radius 3 is 2.56 bits per heavy atom. The smallest absolute Gasteiger partial charge is 0.454 e. The van der Waals surface area contributed by atoms with E-state index < -0.39 is 24.2 Å². The molecule has 2 amide bonds. The number of hydrogen-bond donors (Lipinski definition) is 2. The molecule has 0 aliphatic heterocycles. The van der Waals surface area contributed by atoms with Gasteiger partial charge in [-0.2, -0.15) is 13.2 Å². The Labute approximate surface area is 197 Å². The molecule has 1 rings (SSSR count). The van der Waals surface area contributed by atoms with E-state index in [1.54, 1.807) is 10.2 Å². The van der Waals surface area contributed by atoms with Crippen LogP contribution in [0.5, 0.6) is 0 Å². The standard InChI is InChI=1S/C22H32F3N5O4/c1-5-18(8-10-28-21(33)22(23,24)25)34-20(32)16-7-9-27-17(13-16)14-26-15-19(31)30(6-2)12-11-29(3)4/h5,7,9,13,18,26H,1,6,8,10-12,14-15H2,2-4H3,(H,28,33). The van der Waals surface area contributed by atoms with Crippen molar-refractivity contribution in [3.8, 4) is 0 Å². The lowest BCUT2D eigenvalue weighted by molar-refractivity contribution is -0.173. The molecule has 1 aromatic heterocycles. The second-order valence-corrected chi connectivity index (χ2v) is 7.64. The number of likely N-dealkylation sites (N-methyl/N-ethyl adjacent to an activating group) is 2. The predicted molar refractivity (Wildman–Crippen MR) is 120 cm³/mol. The number of esters is 1. The molecule has 1 atom stereocenters. The molecule has 0 fully saturated rings. The first kappa shape index (κ1) is 29.0. The summed E-state index contributed by atoms with van der Waals surface area (Å²) in [5.41, 5.74) is 0.691. The van der Waals surface area contributed by atoms with Crippen molar-refractivity contribution in [1.29, 1.82) is 0 Å². The van der Waals surface area contributed by atoms with E-state index in [0.29, 0.717) is 18.8 Å². The van der Waals surface area contributed by atoms with E-state index in [1.165, 1.54) is 24.4 Å². The van der Waals surface area contributed by atoms with E-state index in [9.17, 15) is 27.6 Å². The molecule has 0 spiro atoms. The Morgan fingerprint density at radius 1 is 1.26 bits per heavy atom. The highest BCUT2D eigenvalue weighted by atomic mass is 19.4. The number of carbonyl (C=O) groups is 3. The summed E-state index contributed by atoms with van der Waals surface area (Å²) < 4.78 is 41.9. The van der Waals surface area contributed by atoms with Crippen LogP contribution >= 0.6 is 0 Å². The Hall–Kier alpha value is -2.99. The van der Waals surface area contributed by atoms with Crippen LogP contribution in [0.4, 0.5) is 13.2 Å². The topological polar surface area (TPSA) is 104 Å². The van der Waals surface area contributed by atoms with Gasteiger partial charge in [-0.15, -0.1) is 0 Å². The third-order valence-electron chi connectivity index (χ3n) is 4.68. The maximum Gasteiger partial charge on any atom is 0.471 e. The molecule has 1 aromatic rings. The number of rotatable bonds is 14. The molecule has 0 aliphatic rings. The van der Waals surface area contributed by atoms with Crippen LogP contribution in [0.1, 0.15) is 29.4 Å². The Morgan fingerprint density at radius 2 is 1.97 bits per heavy atom. The van der Waals surface area contributed by atoms with E-state index in [2.05, 4.69) is 16.9 Å². The van der Waals surface area contributed by atoms with Gasteiger partial charge in [-0.3, -0.25) is 14.6 Å². The van der Waals surface area contributed by atoms with Crippen LogP contribution < -0.4 is 10.6 Å². The first-order chi connectivity index (χ1) is 16.0. The van der Waals surface area contributed by atoms with Crippen molar-refractivity contribution < 1.29 is 32.3 Å². The van der Waals surface area contributed by atoms with Gasteiger partial charge < -0.3 is 25.2 Å². The van der Waals surface area contributed by atoms with Crippen LogP contribution in [0.2, 0.25) is 0 Å². The normalized spacial score (nSPS) is 12.2. The Balaban J connectivity index is 2.55. The minimum Gasteiger partial charge on any atom is -0.454 e. The van der Waals surface area contributed by atoms with Crippen molar-refractivity contribution in [3.05, 3.63) is 42.2 Å².